The average Bonchev–Trinajstić information content (AvgIpc) is 2.70. The Kier molecular flexibility index (Phi) is 7.95. The molecule has 0 unspecified atom stereocenters. The van der Waals surface area contributed by atoms with Gasteiger partial charge in [0.2, 0.25) is 0 Å². The molecule has 3 rings (SSSR count). The van der Waals surface area contributed by atoms with Crippen LogP contribution >= 0.6 is 0 Å². The van der Waals surface area contributed by atoms with Gasteiger partial charge in [-0.1, -0.05) is 52.4 Å². The molecule has 0 aliphatic heterocycles. The molecule has 0 radical (unpaired) electrons. The van der Waals surface area contributed by atoms with Crippen molar-refractivity contribution < 1.29 is 0 Å². The first kappa shape index (κ1) is 19.8. The van der Waals surface area contributed by atoms with Crippen LogP contribution in [0.25, 0.3) is 0 Å². The number of rotatable bonds is 8. The zero-order valence-corrected chi connectivity index (χ0v) is 17.3. The molecule has 0 amide bonds. The van der Waals surface area contributed by atoms with Crippen molar-refractivity contribution in [2.24, 2.45) is 11.8 Å². The Morgan fingerprint density at radius 1 is 0.692 bits per heavy atom. The lowest BCUT2D eigenvalue weighted by Gasteiger charge is -2.29. The van der Waals surface area contributed by atoms with Crippen LogP contribution in [0.4, 0.5) is 0 Å². The van der Waals surface area contributed by atoms with Crippen molar-refractivity contribution in [3.8, 4) is 0 Å². The van der Waals surface area contributed by atoms with E-state index in [0.29, 0.717) is 11.8 Å². The third kappa shape index (κ3) is 5.54. The minimum absolute atomic E-state index is 0.617. The molecule has 0 atom stereocenters. The van der Waals surface area contributed by atoms with E-state index in [1.165, 1.54) is 95.5 Å². The summed E-state index contributed by atoms with van der Waals surface area (Å²) >= 11 is 0. The van der Waals surface area contributed by atoms with Gasteiger partial charge in [-0.3, -0.25) is 0 Å². The molecule has 2 saturated carbocycles. The van der Waals surface area contributed by atoms with Gasteiger partial charge < -0.3 is 0 Å². The highest BCUT2D eigenvalue weighted by Gasteiger charge is 2.25. The maximum absolute atomic E-state index is 4.82. The van der Waals surface area contributed by atoms with Crippen LogP contribution in [0.1, 0.15) is 127 Å². The molecule has 0 bridgehead atoms. The lowest BCUT2D eigenvalue weighted by atomic mass is 9.77. The van der Waals surface area contributed by atoms with Crippen molar-refractivity contribution >= 4 is 0 Å². The van der Waals surface area contributed by atoms with E-state index in [1.54, 1.807) is 0 Å². The van der Waals surface area contributed by atoms with Gasteiger partial charge in [-0.05, 0) is 74.7 Å². The van der Waals surface area contributed by atoms with Gasteiger partial charge >= 0.3 is 0 Å². The van der Waals surface area contributed by atoms with Crippen molar-refractivity contribution in [1.29, 1.82) is 0 Å². The fraction of sp³-hybridized carbons (Fsp3) is 0.833. The van der Waals surface area contributed by atoms with Crippen molar-refractivity contribution in [2.75, 3.05) is 0 Å². The number of unbranched alkanes of at least 4 members (excludes halogenated alkanes) is 2. The molecule has 26 heavy (non-hydrogen) atoms. The van der Waals surface area contributed by atoms with Crippen LogP contribution in [0.2, 0.25) is 0 Å². The molecule has 1 aromatic heterocycles. The van der Waals surface area contributed by atoms with E-state index in [-0.39, 0.29) is 0 Å². The van der Waals surface area contributed by atoms with E-state index < -0.39 is 0 Å². The van der Waals surface area contributed by atoms with E-state index in [4.69, 9.17) is 9.97 Å². The Labute approximate surface area is 161 Å². The second-order valence-electron chi connectivity index (χ2n) is 9.09. The van der Waals surface area contributed by atoms with E-state index in [1.807, 2.05) is 0 Å². The van der Waals surface area contributed by atoms with E-state index in [0.717, 1.165) is 17.7 Å². The van der Waals surface area contributed by atoms with Crippen LogP contribution < -0.4 is 0 Å². The van der Waals surface area contributed by atoms with Crippen LogP contribution in [-0.4, -0.2) is 9.97 Å². The van der Waals surface area contributed by atoms with Gasteiger partial charge in [0.1, 0.15) is 5.82 Å². The Balaban J connectivity index is 1.45. The summed E-state index contributed by atoms with van der Waals surface area (Å²) in [5.41, 5.74) is 1.40. The first-order chi connectivity index (χ1) is 12.8. The molecular weight excluding hydrogens is 316 g/mol. The van der Waals surface area contributed by atoms with E-state index in [2.05, 4.69) is 26.2 Å². The maximum atomic E-state index is 4.82. The highest BCUT2D eigenvalue weighted by molar-refractivity contribution is 5.14. The molecule has 146 valence electrons. The fourth-order valence-electron chi connectivity index (χ4n) is 5.35. The van der Waals surface area contributed by atoms with Crippen LogP contribution in [0, 0.1) is 11.8 Å². The summed E-state index contributed by atoms with van der Waals surface area (Å²) in [6, 6.07) is 0. The zero-order valence-electron chi connectivity index (χ0n) is 17.3. The minimum atomic E-state index is 0.617. The molecule has 2 nitrogen and oxygen atoms in total. The lowest BCUT2D eigenvalue weighted by molar-refractivity contribution is 0.296. The zero-order chi connectivity index (χ0) is 18.2. The largest absolute Gasteiger partial charge is 0.241 e. The van der Waals surface area contributed by atoms with Crippen LogP contribution in [0.5, 0.6) is 0 Å². The maximum Gasteiger partial charge on any atom is 0.131 e. The van der Waals surface area contributed by atoms with Crippen molar-refractivity contribution in [1.82, 2.24) is 9.97 Å². The summed E-state index contributed by atoms with van der Waals surface area (Å²) in [6.07, 6.45) is 23.6. The molecule has 0 aromatic carbocycles. The minimum Gasteiger partial charge on any atom is -0.241 e. The molecule has 0 N–H and O–H groups in total. The average molecular weight is 357 g/mol. The van der Waals surface area contributed by atoms with Crippen molar-refractivity contribution in [2.45, 2.75) is 116 Å². The topological polar surface area (TPSA) is 25.8 Å². The second kappa shape index (κ2) is 10.4. The Hall–Kier alpha value is -0.920. The van der Waals surface area contributed by atoms with Gasteiger partial charge in [0.15, 0.2) is 0 Å². The van der Waals surface area contributed by atoms with Gasteiger partial charge in [-0.2, -0.15) is 0 Å². The standard InChI is InChI=1S/C24H40N2/c1-3-5-6-8-20-11-15-22(16-12-20)24-25-17-23(18-26-24)21-13-9-19(7-4-2)10-14-21/h17-22H,3-16H2,1-2H3/t19-,20-,21-,22-. The summed E-state index contributed by atoms with van der Waals surface area (Å²) in [5.74, 6) is 4.40. The highest BCUT2D eigenvalue weighted by atomic mass is 14.9. The van der Waals surface area contributed by atoms with Crippen LogP contribution in [-0.2, 0) is 0 Å². The lowest BCUT2D eigenvalue weighted by Crippen LogP contribution is -2.16. The molecule has 2 fully saturated rings. The van der Waals surface area contributed by atoms with Gasteiger partial charge in [0, 0.05) is 18.3 Å². The van der Waals surface area contributed by atoms with Gasteiger partial charge in [-0.15, -0.1) is 0 Å². The molecule has 1 aromatic rings. The Morgan fingerprint density at radius 3 is 1.85 bits per heavy atom. The SMILES string of the molecule is CCCCC[C@H]1CC[C@H](c2ncc([C@H]3CC[C@H](CCC)CC3)cn2)CC1. The normalized spacial score (nSPS) is 29.6. The quantitative estimate of drug-likeness (QED) is 0.453. The third-order valence-corrected chi connectivity index (χ3v) is 7.13. The summed E-state index contributed by atoms with van der Waals surface area (Å²) < 4.78 is 0. The van der Waals surface area contributed by atoms with Crippen LogP contribution in [0.15, 0.2) is 12.4 Å². The monoisotopic (exact) mass is 356 g/mol. The number of nitrogens with zero attached hydrogens (tertiary/aromatic N) is 2. The van der Waals surface area contributed by atoms with E-state index in [9.17, 15) is 0 Å². The van der Waals surface area contributed by atoms with Crippen LogP contribution in [0.3, 0.4) is 0 Å². The summed E-state index contributed by atoms with van der Waals surface area (Å²) in [5, 5.41) is 0. The molecule has 2 heteroatoms. The summed E-state index contributed by atoms with van der Waals surface area (Å²) in [7, 11) is 0. The number of hydrogen-bond donors (Lipinski definition) is 0. The number of hydrogen-bond acceptors (Lipinski definition) is 2. The highest BCUT2D eigenvalue weighted by Crippen LogP contribution is 2.39. The predicted molar refractivity (Wildman–Crippen MR) is 110 cm³/mol. The molecule has 0 spiro atoms. The van der Waals surface area contributed by atoms with Gasteiger partial charge in [0.05, 0.1) is 0 Å². The Bertz CT molecular complexity index is 493. The first-order valence-electron chi connectivity index (χ1n) is 11.6. The van der Waals surface area contributed by atoms with Crippen molar-refractivity contribution in [3.63, 3.8) is 0 Å². The molecule has 1 heterocycles. The second-order valence-corrected chi connectivity index (χ2v) is 9.09. The summed E-state index contributed by atoms with van der Waals surface area (Å²) in [4.78, 5) is 9.64. The Morgan fingerprint density at radius 2 is 1.27 bits per heavy atom. The van der Waals surface area contributed by atoms with Gasteiger partial charge in [0.25, 0.3) is 0 Å². The predicted octanol–water partition coefficient (Wildman–Crippen LogP) is 7.40. The smallest absolute Gasteiger partial charge is 0.131 e. The number of aromatic nitrogens is 2. The molecule has 2 aliphatic rings. The summed E-state index contributed by atoms with van der Waals surface area (Å²) in [6.45, 7) is 4.62. The molecular formula is C24H40N2. The third-order valence-electron chi connectivity index (χ3n) is 7.13. The van der Waals surface area contributed by atoms with E-state index >= 15 is 0 Å². The molecule has 2 aliphatic carbocycles. The molecule has 0 saturated heterocycles. The van der Waals surface area contributed by atoms with Crippen molar-refractivity contribution in [3.05, 3.63) is 23.8 Å². The first-order valence-corrected chi connectivity index (χ1v) is 11.6. The van der Waals surface area contributed by atoms with Gasteiger partial charge in [-0.25, -0.2) is 9.97 Å². The fourth-order valence-corrected chi connectivity index (χ4v) is 5.35.